The lowest BCUT2D eigenvalue weighted by Gasteiger charge is -2.36. The lowest BCUT2D eigenvalue weighted by atomic mass is 10.2. The molecular weight excluding hydrogens is 364 g/mol. The van der Waals surface area contributed by atoms with E-state index in [0.29, 0.717) is 5.69 Å². The van der Waals surface area contributed by atoms with E-state index in [1.807, 2.05) is 24.3 Å². The van der Waals surface area contributed by atoms with Crippen LogP contribution >= 0.6 is 23.2 Å². The minimum Gasteiger partial charge on any atom is -0.368 e. The molecular formula is C18H18Cl2FN3O. The molecule has 0 radical (unpaired) electrons. The maximum atomic E-state index is 13.0. The van der Waals surface area contributed by atoms with Crippen molar-refractivity contribution >= 4 is 40.5 Å². The zero-order valence-electron chi connectivity index (χ0n) is 13.5. The summed E-state index contributed by atoms with van der Waals surface area (Å²) in [5.74, 6) is -0.599. The summed E-state index contributed by atoms with van der Waals surface area (Å²) >= 11 is 12.2. The molecule has 25 heavy (non-hydrogen) atoms. The van der Waals surface area contributed by atoms with E-state index in [9.17, 15) is 9.18 Å². The smallest absolute Gasteiger partial charge is 0.238 e. The summed E-state index contributed by atoms with van der Waals surface area (Å²) in [4.78, 5) is 16.5. The van der Waals surface area contributed by atoms with Crippen molar-refractivity contribution in [3.63, 3.8) is 0 Å². The van der Waals surface area contributed by atoms with Gasteiger partial charge in [0.1, 0.15) is 5.82 Å². The highest BCUT2D eigenvalue weighted by molar-refractivity contribution is 6.33. The van der Waals surface area contributed by atoms with E-state index in [-0.39, 0.29) is 17.5 Å². The minimum absolute atomic E-state index is 0.167. The quantitative estimate of drug-likeness (QED) is 0.872. The fraction of sp³-hybridized carbons (Fsp3) is 0.278. The van der Waals surface area contributed by atoms with Crippen molar-refractivity contribution in [2.24, 2.45) is 0 Å². The van der Waals surface area contributed by atoms with Gasteiger partial charge >= 0.3 is 0 Å². The van der Waals surface area contributed by atoms with Crippen molar-refractivity contribution in [3.8, 4) is 0 Å². The molecule has 4 nitrogen and oxygen atoms in total. The largest absolute Gasteiger partial charge is 0.368 e. The van der Waals surface area contributed by atoms with E-state index >= 15 is 0 Å². The number of rotatable bonds is 4. The molecule has 2 aromatic rings. The summed E-state index contributed by atoms with van der Waals surface area (Å²) in [5, 5.41) is 3.65. The molecule has 1 saturated heterocycles. The van der Waals surface area contributed by atoms with Crippen molar-refractivity contribution in [2.45, 2.75) is 0 Å². The first kappa shape index (κ1) is 18.0. The molecule has 0 spiro atoms. The summed E-state index contributed by atoms with van der Waals surface area (Å²) in [7, 11) is 0. The number of carbonyl (C=O) groups is 1. The Labute approximate surface area is 156 Å². The Kier molecular flexibility index (Phi) is 5.78. The first-order valence-corrected chi connectivity index (χ1v) is 8.75. The van der Waals surface area contributed by atoms with Gasteiger partial charge in [-0.1, -0.05) is 35.3 Å². The number of nitrogens with zero attached hydrogens (tertiary/aromatic N) is 2. The van der Waals surface area contributed by atoms with Gasteiger partial charge in [-0.05, 0) is 30.3 Å². The predicted octanol–water partition coefficient (Wildman–Crippen LogP) is 3.89. The van der Waals surface area contributed by atoms with Crippen LogP contribution in [0.25, 0.3) is 0 Å². The molecule has 1 N–H and O–H groups in total. The van der Waals surface area contributed by atoms with Crippen LogP contribution in [0.2, 0.25) is 10.0 Å². The van der Waals surface area contributed by atoms with Crippen LogP contribution in [0.4, 0.5) is 15.8 Å². The first-order valence-electron chi connectivity index (χ1n) is 7.99. The van der Waals surface area contributed by atoms with E-state index < -0.39 is 5.82 Å². The van der Waals surface area contributed by atoms with Crippen LogP contribution < -0.4 is 10.2 Å². The molecule has 0 saturated carbocycles. The van der Waals surface area contributed by atoms with E-state index in [2.05, 4.69) is 15.1 Å². The zero-order chi connectivity index (χ0) is 17.8. The summed E-state index contributed by atoms with van der Waals surface area (Å²) in [6, 6.07) is 11.7. The Morgan fingerprint density at radius 2 is 1.76 bits per heavy atom. The highest BCUT2D eigenvalue weighted by Gasteiger charge is 2.20. The van der Waals surface area contributed by atoms with Crippen LogP contribution in [-0.4, -0.2) is 43.5 Å². The second kappa shape index (κ2) is 8.04. The number of piperazine rings is 1. The monoisotopic (exact) mass is 381 g/mol. The van der Waals surface area contributed by atoms with E-state index in [4.69, 9.17) is 23.2 Å². The highest BCUT2D eigenvalue weighted by Crippen LogP contribution is 2.26. The van der Waals surface area contributed by atoms with Crippen LogP contribution in [0.3, 0.4) is 0 Å². The number of nitrogens with one attached hydrogen (secondary N) is 1. The lowest BCUT2D eigenvalue weighted by molar-refractivity contribution is -0.117. The second-order valence-electron chi connectivity index (χ2n) is 5.89. The third-order valence-corrected chi connectivity index (χ3v) is 4.77. The molecule has 0 unspecified atom stereocenters. The molecule has 2 aromatic carbocycles. The lowest BCUT2D eigenvalue weighted by Crippen LogP contribution is -2.48. The summed E-state index contributed by atoms with van der Waals surface area (Å²) in [5.41, 5.74) is 1.44. The fourth-order valence-corrected chi connectivity index (χ4v) is 3.31. The Morgan fingerprint density at radius 3 is 2.44 bits per heavy atom. The van der Waals surface area contributed by atoms with Crippen molar-refractivity contribution < 1.29 is 9.18 Å². The van der Waals surface area contributed by atoms with Gasteiger partial charge < -0.3 is 10.2 Å². The number of hydrogen-bond donors (Lipinski definition) is 1. The van der Waals surface area contributed by atoms with Crippen LogP contribution in [0, 0.1) is 5.82 Å². The molecule has 1 aliphatic heterocycles. The zero-order valence-corrected chi connectivity index (χ0v) is 15.0. The van der Waals surface area contributed by atoms with Crippen molar-refractivity contribution in [2.75, 3.05) is 42.9 Å². The average molecular weight is 382 g/mol. The normalized spacial score (nSPS) is 15.2. The summed E-state index contributed by atoms with van der Waals surface area (Å²) in [6.45, 7) is 3.39. The molecule has 1 aliphatic rings. The predicted molar refractivity (Wildman–Crippen MR) is 100 cm³/mol. The minimum atomic E-state index is -0.432. The maximum Gasteiger partial charge on any atom is 0.238 e. The van der Waals surface area contributed by atoms with Crippen LogP contribution in [-0.2, 0) is 4.79 Å². The number of halogens is 3. The van der Waals surface area contributed by atoms with Gasteiger partial charge in [-0.25, -0.2) is 4.39 Å². The molecule has 0 aliphatic carbocycles. The second-order valence-corrected chi connectivity index (χ2v) is 6.70. The Morgan fingerprint density at radius 1 is 1.04 bits per heavy atom. The standard InChI is InChI=1S/C18H18Cl2FN3O/c19-14-3-1-2-4-17(14)24-9-7-23(8-10-24)12-18(25)22-16-6-5-13(21)11-15(16)20/h1-6,11H,7-10,12H2,(H,22,25). The molecule has 132 valence electrons. The molecule has 0 atom stereocenters. The van der Waals surface area contributed by atoms with E-state index in [0.717, 1.165) is 36.9 Å². The van der Waals surface area contributed by atoms with Gasteiger partial charge in [0.25, 0.3) is 0 Å². The molecule has 1 amide bonds. The number of para-hydroxylation sites is 1. The molecule has 1 heterocycles. The number of amides is 1. The summed E-state index contributed by atoms with van der Waals surface area (Å²) in [6.07, 6.45) is 0. The van der Waals surface area contributed by atoms with Gasteiger partial charge in [-0.15, -0.1) is 0 Å². The SMILES string of the molecule is O=C(CN1CCN(c2ccccc2Cl)CC1)Nc1ccc(F)cc1Cl. The van der Waals surface area contributed by atoms with Crippen molar-refractivity contribution in [3.05, 3.63) is 58.3 Å². The van der Waals surface area contributed by atoms with Crippen molar-refractivity contribution in [1.29, 1.82) is 0 Å². The van der Waals surface area contributed by atoms with Gasteiger partial charge in [-0.2, -0.15) is 0 Å². The average Bonchev–Trinajstić information content (AvgIpc) is 2.59. The number of hydrogen-bond acceptors (Lipinski definition) is 3. The maximum absolute atomic E-state index is 13.0. The molecule has 0 bridgehead atoms. The van der Waals surface area contributed by atoms with E-state index in [1.54, 1.807) is 0 Å². The van der Waals surface area contributed by atoms with Crippen LogP contribution in [0.5, 0.6) is 0 Å². The molecule has 3 rings (SSSR count). The van der Waals surface area contributed by atoms with Gasteiger partial charge in [0.15, 0.2) is 0 Å². The fourth-order valence-electron chi connectivity index (χ4n) is 2.84. The van der Waals surface area contributed by atoms with Crippen LogP contribution in [0.1, 0.15) is 0 Å². The Bertz CT molecular complexity index is 764. The van der Waals surface area contributed by atoms with Gasteiger partial charge in [0.05, 0.1) is 28.0 Å². The van der Waals surface area contributed by atoms with Crippen molar-refractivity contribution in [1.82, 2.24) is 4.90 Å². The van der Waals surface area contributed by atoms with Gasteiger partial charge in [0.2, 0.25) is 5.91 Å². The van der Waals surface area contributed by atoms with Gasteiger partial charge in [-0.3, -0.25) is 9.69 Å². The molecule has 1 fully saturated rings. The number of anilines is 2. The Balaban J connectivity index is 1.52. The first-order chi connectivity index (χ1) is 12.0. The third-order valence-electron chi connectivity index (χ3n) is 4.14. The molecule has 0 aromatic heterocycles. The molecule has 7 heteroatoms. The summed E-state index contributed by atoms with van der Waals surface area (Å²) < 4.78 is 13.0. The third kappa shape index (κ3) is 4.63. The Hall–Kier alpha value is -1.82. The van der Waals surface area contributed by atoms with Gasteiger partial charge in [0, 0.05) is 26.2 Å². The number of benzene rings is 2. The highest BCUT2D eigenvalue weighted by atomic mass is 35.5. The topological polar surface area (TPSA) is 35.6 Å². The van der Waals surface area contributed by atoms with E-state index in [1.165, 1.54) is 18.2 Å². The van der Waals surface area contributed by atoms with Crippen LogP contribution in [0.15, 0.2) is 42.5 Å². The number of carbonyl (C=O) groups excluding carboxylic acids is 1.